The van der Waals surface area contributed by atoms with Gasteiger partial charge in [0, 0.05) is 24.6 Å². The Morgan fingerprint density at radius 1 is 1.33 bits per heavy atom. The molecular formula is C13H19N5O2S. The monoisotopic (exact) mass is 309 g/mol. The van der Waals surface area contributed by atoms with Gasteiger partial charge in [0.25, 0.3) is 10.0 Å². The zero-order valence-electron chi connectivity index (χ0n) is 12.2. The van der Waals surface area contributed by atoms with Crippen LogP contribution in [0.1, 0.15) is 32.4 Å². The van der Waals surface area contributed by atoms with Crippen molar-refractivity contribution >= 4 is 16.0 Å². The van der Waals surface area contributed by atoms with Gasteiger partial charge in [0.1, 0.15) is 4.90 Å². The van der Waals surface area contributed by atoms with Gasteiger partial charge >= 0.3 is 0 Å². The molecule has 7 nitrogen and oxygen atoms in total. The maximum absolute atomic E-state index is 12.2. The number of nitrogens with zero attached hydrogens (tertiary/aromatic N) is 4. The second-order valence-corrected chi connectivity index (χ2v) is 6.29. The molecule has 2 heterocycles. The molecule has 0 bridgehead atoms. The Labute approximate surface area is 124 Å². The standard InChI is InChI=1S/C13H19N5O2S/c1-3-5-6-11-7-8-14-13(16-11)17-21(19,20)12-9-15-18(4-2)10-12/h7-10H,3-6H2,1-2H3,(H,14,16,17). The van der Waals surface area contributed by atoms with Crippen molar-refractivity contribution in [2.75, 3.05) is 4.72 Å². The number of aryl methyl sites for hydroxylation is 2. The number of unbranched alkanes of at least 4 members (excludes halogenated alkanes) is 1. The topological polar surface area (TPSA) is 89.8 Å². The number of sulfonamides is 1. The highest BCUT2D eigenvalue weighted by Crippen LogP contribution is 2.12. The number of anilines is 1. The van der Waals surface area contributed by atoms with Crippen LogP contribution in [-0.2, 0) is 23.0 Å². The van der Waals surface area contributed by atoms with Crippen LogP contribution in [-0.4, -0.2) is 28.2 Å². The number of rotatable bonds is 7. The summed E-state index contributed by atoms with van der Waals surface area (Å²) in [5.74, 6) is 0.0906. The lowest BCUT2D eigenvalue weighted by molar-refractivity contribution is 0.600. The molecule has 2 rings (SSSR count). The molecule has 114 valence electrons. The summed E-state index contributed by atoms with van der Waals surface area (Å²) in [6, 6.07) is 1.79. The first-order valence-corrected chi connectivity index (χ1v) is 8.40. The van der Waals surface area contributed by atoms with Crippen molar-refractivity contribution < 1.29 is 8.42 Å². The molecule has 0 amide bonds. The van der Waals surface area contributed by atoms with Crippen molar-refractivity contribution in [1.82, 2.24) is 19.7 Å². The Kier molecular flexibility index (Phi) is 4.89. The third-order valence-electron chi connectivity index (χ3n) is 2.97. The van der Waals surface area contributed by atoms with E-state index in [4.69, 9.17) is 0 Å². The number of aromatic nitrogens is 4. The normalized spacial score (nSPS) is 11.5. The number of hydrogen-bond donors (Lipinski definition) is 1. The molecule has 0 aliphatic heterocycles. The molecule has 8 heteroatoms. The van der Waals surface area contributed by atoms with E-state index in [-0.39, 0.29) is 10.8 Å². The van der Waals surface area contributed by atoms with Gasteiger partial charge in [0.2, 0.25) is 5.95 Å². The van der Waals surface area contributed by atoms with E-state index in [0.717, 1.165) is 25.0 Å². The van der Waals surface area contributed by atoms with Crippen molar-refractivity contribution in [2.24, 2.45) is 0 Å². The summed E-state index contributed by atoms with van der Waals surface area (Å²) >= 11 is 0. The minimum atomic E-state index is -3.70. The molecule has 2 aromatic rings. The molecule has 0 saturated heterocycles. The molecule has 2 aromatic heterocycles. The summed E-state index contributed by atoms with van der Waals surface area (Å²) in [5, 5.41) is 3.96. The largest absolute Gasteiger partial charge is 0.272 e. The SMILES string of the molecule is CCCCc1ccnc(NS(=O)(=O)c2cnn(CC)c2)n1. The summed E-state index contributed by atoms with van der Waals surface area (Å²) in [6.07, 6.45) is 7.22. The quantitative estimate of drug-likeness (QED) is 0.843. The Hall–Kier alpha value is -1.96. The van der Waals surface area contributed by atoms with E-state index in [1.54, 1.807) is 16.9 Å². The van der Waals surface area contributed by atoms with Crippen LogP contribution in [0, 0.1) is 0 Å². The van der Waals surface area contributed by atoms with E-state index in [0.29, 0.717) is 6.54 Å². The summed E-state index contributed by atoms with van der Waals surface area (Å²) in [6.45, 7) is 4.59. The fourth-order valence-electron chi connectivity index (χ4n) is 1.78. The van der Waals surface area contributed by atoms with E-state index in [9.17, 15) is 8.42 Å². The van der Waals surface area contributed by atoms with E-state index in [1.807, 2.05) is 6.92 Å². The van der Waals surface area contributed by atoms with E-state index >= 15 is 0 Å². The lowest BCUT2D eigenvalue weighted by atomic mass is 10.2. The van der Waals surface area contributed by atoms with Crippen molar-refractivity contribution in [3.05, 3.63) is 30.4 Å². The maximum Gasteiger partial charge on any atom is 0.267 e. The first-order valence-electron chi connectivity index (χ1n) is 6.92. The van der Waals surface area contributed by atoms with Crippen LogP contribution in [0.25, 0.3) is 0 Å². The average Bonchev–Trinajstić information content (AvgIpc) is 2.95. The number of hydrogen-bond acceptors (Lipinski definition) is 5. The number of nitrogens with one attached hydrogen (secondary N) is 1. The van der Waals surface area contributed by atoms with Gasteiger partial charge in [-0.05, 0) is 25.8 Å². The summed E-state index contributed by atoms with van der Waals surface area (Å²) in [4.78, 5) is 8.28. The van der Waals surface area contributed by atoms with Gasteiger partial charge < -0.3 is 0 Å². The molecule has 0 atom stereocenters. The van der Waals surface area contributed by atoms with Gasteiger partial charge in [-0.3, -0.25) is 4.68 Å². The van der Waals surface area contributed by atoms with E-state index in [1.165, 1.54) is 12.4 Å². The van der Waals surface area contributed by atoms with Gasteiger partial charge in [0.05, 0.1) is 6.20 Å². The van der Waals surface area contributed by atoms with Crippen LogP contribution in [0.15, 0.2) is 29.6 Å². The molecule has 0 unspecified atom stereocenters. The summed E-state index contributed by atoms with van der Waals surface area (Å²) < 4.78 is 28.4. The highest BCUT2D eigenvalue weighted by atomic mass is 32.2. The van der Waals surface area contributed by atoms with Gasteiger partial charge in [-0.15, -0.1) is 0 Å². The highest BCUT2D eigenvalue weighted by molar-refractivity contribution is 7.92. The highest BCUT2D eigenvalue weighted by Gasteiger charge is 2.17. The van der Waals surface area contributed by atoms with Crippen LogP contribution in [0.3, 0.4) is 0 Å². The lowest BCUT2D eigenvalue weighted by Crippen LogP contribution is -2.15. The fraction of sp³-hybridized carbons (Fsp3) is 0.462. The van der Waals surface area contributed by atoms with Crippen LogP contribution in [0.2, 0.25) is 0 Å². The Bertz CT molecular complexity index is 696. The zero-order chi connectivity index (χ0) is 15.3. The lowest BCUT2D eigenvalue weighted by Gasteiger charge is -2.06. The van der Waals surface area contributed by atoms with Crippen molar-refractivity contribution in [3.8, 4) is 0 Å². The molecule has 0 spiro atoms. The van der Waals surface area contributed by atoms with Crippen molar-refractivity contribution in [3.63, 3.8) is 0 Å². The predicted molar refractivity (Wildman–Crippen MR) is 79.4 cm³/mol. The Morgan fingerprint density at radius 3 is 2.81 bits per heavy atom. The van der Waals surface area contributed by atoms with Crippen molar-refractivity contribution in [1.29, 1.82) is 0 Å². The Morgan fingerprint density at radius 2 is 2.14 bits per heavy atom. The van der Waals surface area contributed by atoms with Gasteiger partial charge in [-0.2, -0.15) is 5.10 Å². The Balaban J connectivity index is 2.16. The van der Waals surface area contributed by atoms with Gasteiger partial charge in [-0.25, -0.2) is 23.1 Å². The third-order valence-corrected chi connectivity index (χ3v) is 4.25. The zero-order valence-corrected chi connectivity index (χ0v) is 13.0. The van der Waals surface area contributed by atoms with Gasteiger partial charge in [-0.1, -0.05) is 13.3 Å². The molecular weight excluding hydrogens is 290 g/mol. The van der Waals surface area contributed by atoms with Gasteiger partial charge in [0.15, 0.2) is 0 Å². The minimum absolute atomic E-state index is 0.0906. The second-order valence-electron chi connectivity index (χ2n) is 4.61. The molecule has 0 aromatic carbocycles. The molecule has 0 saturated carbocycles. The molecule has 1 N–H and O–H groups in total. The fourth-order valence-corrected chi connectivity index (χ4v) is 2.68. The maximum atomic E-state index is 12.2. The molecule has 0 fully saturated rings. The average molecular weight is 309 g/mol. The third kappa shape index (κ3) is 4.01. The summed E-state index contributed by atoms with van der Waals surface area (Å²) in [7, 11) is -3.70. The molecule has 21 heavy (non-hydrogen) atoms. The van der Waals surface area contributed by atoms with Crippen LogP contribution in [0.5, 0.6) is 0 Å². The van der Waals surface area contributed by atoms with Crippen LogP contribution < -0.4 is 4.72 Å². The first kappa shape index (κ1) is 15.4. The van der Waals surface area contributed by atoms with Crippen LogP contribution in [0.4, 0.5) is 5.95 Å². The van der Waals surface area contributed by atoms with Crippen LogP contribution >= 0.6 is 0 Å². The van der Waals surface area contributed by atoms with E-state index in [2.05, 4.69) is 26.7 Å². The molecule has 0 aliphatic carbocycles. The minimum Gasteiger partial charge on any atom is -0.272 e. The van der Waals surface area contributed by atoms with E-state index < -0.39 is 10.0 Å². The molecule has 0 aliphatic rings. The smallest absolute Gasteiger partial charge is 0.267 e. The second kappa shape index (κ2) is 6.66. The summed E-state index contributed by atoms with van der Waals surface area (Å²) in [5.41, 5.74) is 0.828. The van der Waals surface area contributed by atoms with Crippen molar-refractivity contribution in [2.45, 2.75) is 44.6 Å². The first-order chi connectivity index (χ1) is 10.0. The predicted octanol–water partition coefficient (Wildman–Crippen LogP) is 1.84. The molecule has 0 radical (unpaired) electrons.